The lowest BCUT2D eigenvalue weighted by Gasteiger charge is -2.11. The quantitative estimate of drug-likeness (QED) is 0.316. The Bertz CT molecular complexity index is 1830. The van der Waals surface area contributed by atoms with Crippen LogP contribution in [0, 0.1) is 0 Å². The summed E-state index contributed by atoms with van der Waals surface area (Å²) in [4.78, 5) is 17.3. The highest BCUT2D eigenvalue weighted by molar-refractivity contribution is 6.03. The highest BCUT2D eigenvalue weighted by Crippen LogP contribution is 2.33. The van der Waals surface area contributed by atoms with Gasteiger partial charge in [-0.15, -0.1) is 0 Å². The number of alkyl halides is 3. The van der Waals surface area contributed by atoms with Gasteiger partial charge in [0, 0.05) is 36.1 Å². The van der Waals surface area contributed by atoms with Crippen LogP contribution in [-0.2, 0) is 19.3 Å². The molecule has 0 atom stereocenters. The van der Waals surface area contributed by atoms with Crippen molar-refractivity contribution in [2.45, 2.75) is 26.2 Å². The Morgan fingerprint density at radius 2 is 1.74 bits per heavy atom. The summed E-state index contributed by atoms with van der Waals surface area (Å²) in [6, 6.07) is 15.0. The summed E-state index contributed by atoms with van der Waals surface area (Å²) in [5.41, 5.74) is 0.621. The predicted molar refractivity (Wildman–Crippen MR) is 138 cm³/mol. The number of amides is 1. The van der Waals surface area contributed by atoms with Crippen molar-refractivity contribution >= 4 is 28.0 Å². The van der Waals surface area contributed by atoms with Crippen molar-refractivity contribution in [2.24, 2.45) is 0 Å². The monoisotopic (exact) mass is 530 g/mol. The predicted octanol–water partition coefficient (Wildman–Crippen LogP) is 5.28. The van der Waals surface area contributed by atoms with Gasteiger partial charge in [0.2, 0.25) is 0 Å². The van der Waals surface area contributed by atoms with Gasteiger partial charge in [-0.2, -0.15) is 28.5 Å². The molecule has 1 N–H and O–H groups in total. The summed E-state index contributed by atoms with van der Waals surface area (Å²) < 4.78 is 46.1. The van der Waals surface area contributed by atoms with Crippen molar-refractivity contribution in [3.8, 4) is 11.3 Å². The molecule has 0 aliphatic carbocycles. The molecular weight excluding hydrogens is 509 g/mol. The second-order valence-corrected chi connectivity index (χ2v) is 8.97. The van der Waals surface area contributed by atoms with Crippen LogP contribution in [0.5, 0.6) is 0 Å². The number of rotatable bonds is 6. The smallest absolute Gasteiger partial charge is 0.318 e. The lowest BCUT2D eigenvalue weighted by molar-refractivity contribution is -0.142. The van der Waals surface area contributed by atoms with Gasteiger partial charge in [-0.3, -0.25) is 14.2 Å². The van der Waals surface area contributed by atoms with Gasteiger partial charge in [0.25, 0.3) is 5.91 Å². The lowest BCUT2D eigenvalue weighted by atomic mass is 10.0. The Morgan fingerprint density at radius 1 is 0.949 bits per heavy atom. The van der Waals surface area contributed by atoms with Gasteiger partial charge in [-0.1, -0.05) is 36.4 Å². The first-order valence-corrected chi connectivity index (χ1v) is 12.1. The summed E-state index contributed by atoms with van der Waals surface area (Å²) in [5, 5.41) is 16.8. The summed E-state index contributed by atoms with van der Waals surface area (Å²) in [5.74, 6) is -0.681. The maximum atomic E-state index is 14.0. The number of hydrogen-bond donors (Lipinski definition) is 1. The van der Waals surface area contributed by atoms with Gasteiger partial charge >= 0.3 is 6.18 Å². The number of anilines is 1. The Balaban J connectivity index is 1.29. The fourth-order valence-electron chi connectivity index (χ4n) is 4.34. The van der Waals surface area contributed by atoms with Gasteiger partial charge in [-0.05, 0) is 29.8 Å². The second-order valence-electron chi connectivity index (χ2n) is 8.97. The van der Waals surface area contributed by atoms with Crippen LogP contribution >= 0.6 is 0 Å². The van der Waals surface area contributed by atoms with Crippen molar-refractivity contribution in [1.82, 2.24) is 34.2 Å². The molecule has 0 fully saturated rings. The van der Waals surface area contributed by atoms with E-state index in [2.05, 4.69) is 25.6 Å². The number of nitrogens with one attached hydrogen (secondary N) is 1. The molecule has 0 radical (unpaired) electrons. The van der Waals surface area contributed by atoms with E-state index in [4.69, 9.17) is 0 Å². The van der Waals surface area contributed by atoms with Crippen molar-refractivity contribution in [1.29, 1.82) is 0 Å². The normalized spacial score (nSPS) is 11.9. The third-order valence-electron chi connectivity index (χ3n) is 6.24. The lowest BCUT2D eigenvalue weighted by Crippen LogP contribution is -2.15. The molecule has 0 aliphatic heterocycles. The fourth-order valence-corrected chi connectivity index (χ4v) is 4.34. The minimum absolute atomic E-state index is 0.0956. The summed E-state index contributed by atoms with van der Waals surface area (Å²) >= 11 is 0. The van der Waals surface area contributed by atoms with Crippen LogP contribution in [0.25, 0.3) is 27.7 Å². The molecule has 39 heavy (non-hydrogen) atoms. The van der Waals surface area contributed by atoms with Crippen molar-refractivity contribution in [3.63, 3.8) is 0 Å². The standard InChI is InChI=1S/C27H21F3N8O/c1-2-36-14-17(12-31-36)15-37-16-21(13-32-37)33-26(39)23-11-25-34-22(10-24(27(28,29)30)38(25)35-23)20-8-7-18-5-3-4-6-19(18)9-20/h3-14,16H,2,15H2,1H3,(H,33,39). The van der Waals surface area contributed by atoms with E-state index in [1.54, 1.807) is 33.9 Å². The first-order chi connectivity index (χ1) is 18.8. The van der Waals surface area contributed by atoms with Gasteiger partial charge < -0.3 is 5.32 Å². The van der Waals surface area contributed by atoms with E-state index in [1.807, 2.05) is 43.5 Å². The van der Waals surface area contributed by atoms with Crippen LogP contribution in [0.4, 0.5) is 18.9 Å². The number of hydrogen-bond acceptors (Lipinski definition) is 5. The summed E-state index contributed by atoms with van der Waals surface area (Å²) in [6.07, 6.45) is 1.98. The largest absolute Gasteiger partial charge is 0.433 e. The van der Waals surface area contributed by atoms with E-state index in [1.165, 1.54) is 12.3 Å². The van der Waals surface area contributed by atoms with E-state index in [0.717, 1.165) is 28.9 Å². The Labute approximate surface area is 219 Å². The van der Waals surface area contributed by atoms with Crippen LogP contribution in [0.2, 0.25) is 0 Å². The number of halogens is 3. The second kappa shape index (κ2) is 9.39. The SMILES string of the molecule is CCn1cc(Cn2cc(NC(=O)c3cc4nc(-c5ccc6ccccc6c5)cc(C(F)(F)F)n4n3)cn2)cn1. The average Bonchev–Trinajstić information content (AvgIpc) is 3.67. The Morgan fingerprint density at radius 3 is 2.51 bits per heavy atom. The number of benzene rings is 2. The zero-order chi connectivity index (χ0) is 27.1. The van der Waals surface area contributed by atoms with Gasteiger partial charge in [-0.25, -0.2) is 9.50 Å². The molecule has 196 valence electrons. The van der Waals surface area contributed by atoms with Gasteiger partial charge in [0.05, 0.1) is 30.3 Å². The van der Waals surface area contributed by atoms with Crippen molar-refractivity contribution in [3.05, 3.63) is 96.3 Å². The number of nitrogens with zero attached hydrogens (tertiary/aromatic N) is 7. The molecule has 0 saturated carbocycles. The Hall–Kier alpha value is -5.00. The van der Waals surface area contributed by atoms with Crippen molar-refractivity contribution in [2.75, 3.05) is 5.32 Å². The fraction of sp³-hybridized carbons (Fsp3) is 0.148. The highest BCUT2D eigenvalue weighted by Gasteiger charge is 2.35. The summed E-state index contributed by atoms with van der Waals surface area (Å²) in [7, 11) is 0. The molecule has 6 aromatic rings. The van der Waals surface area contributed by atoms with Crippen LogP contribution in [0.1, 0.15) is 28.7 Å². The first kappa shape index (κ1) is 24.3. The minimum Gasteiger partial charge on any atom is -0.318 e. The van der Waals surface area contributed by atoms with E-state index >= 15 is 0 Å². The number of aromatic nitrogens is 7. The molecule has 0 unspecified atom stereocenters. The number of carbonyl (C=O) groups is 1. The molecule has 0 aliphatic rings. The van der Waals surface area contributed by atoms with E-state index < -0.39 is 17.8 Å². The molecule has 12 heteroatoms. The van der Waals surface area contributed by atoms with Gasteiger partial charge in [0.1, 0.15) is 0 Å². The van der Waals surface area contributed by atoms with Crippen LogP contribution in [0.15, 0.2) is 79.4 Å². The number of fused-ring (bicyclic) bond motifs is 2. The van der Waals surface area contributed by atoms with Crippen molar-refractivity contribution < 1.29 is 18.0 Å². The van der Waals surface area contributed by atoms with Crippen LogP contribution in [-0.4, -0.2) is 40.1 Å². The molecule has 1 amide bonds. The molecule has 4 aromatic heterocycles. The first-order valence-electron chi connectivity index (χ1n) is 12.1. The maximum Gasteiger partial charge on any atom is 0.433 e. The number of carbonyl (C=O) groups excluding carboxylic acids is 1. The molecule has 0 bridgehead atoms. The average molecular weight is 531 g/mol. The molecule has 0 spiro atoms. The topological polar surface area (TPSA) is 94.9 Å². The van der Waals surface area contributed by atoms with E-state index in [0.29, 0.717) is 22.3 Å². The van der Waals surface area contributed by atoms with Crippen LogP contribution < -0.4 is 5.32 Å². The highest BCUT2D eigenvalue weighted by atomic mass is 19.4. The van der Waals surface area contributed by atoms with Crippen LogP contribution in [0.3, 0.4) is 0 Å². The van der Waals surface area contributed by atoms with E-state index in [9.17, 15) is 18.0 Å². The molecule has 4 heterocycles. The molecule has 9 nitrogen and oxygen atoms in total. The zero-order valence-electron chi connectivity index (χ0n) is 20.6. The minimum atomic E-state index is -4.72. The third kappa shape index (κ3) is 4.83. The van der Waals surface area contributed by atoms with Gasteiger partial charge in [0.15, 0.2) is 17.0 Å². The third-order valence-corrected chi connectivity index (χ3v) is 6.24. The zero-order valence-corrected chi connectivity index (χ0v) is 20.6. The molecule has 0 saturated heterocycles. The maximum absolute atomic E-state index is 14.0. The number of aryl methyl sites for hydroxylation is 1. The molecule has 2 aromatic carbocycles. The Kier molecular flexibility index (Phi) is 5.86. The molecule has 6 rings (SSSR count). The molecular formula is C27H21F3N8O. The van der Waals surface area contributed by atoms with E-state index in [-0.39, 0.29) is 17.0 Å². The summed E-state index contributed by atoms with van der Waals surface area (Å²) in [6.45, 7) is 3.17.